The number of hydrogen-bond donors (Lipinski definition) is 4. The maximum Gasteiger partial charge on any atom is 0.325 e. The summed E-state index contributed by atoms with van der Waals surface area (Å²) in [4.78, 5) is 20.5. The van der Waals surface area contributed by atoms with Crippen LogP contribution in [0.4, 0.5) is 26.4 Å². The van der Waals surface area contributed by atoms with Crippen LogP contribution in [0.25, 0.3) is 11.0 Å². The topological polar surface area (TPSA) is 160 Å². The molecule has 12 nitrogen and oxygen atoms in total. The molecule has 0 bridgehead atoms. The zero-order chi connectivity index (χ0) is 22.6. The lowest BCUT2D eigenvalue weighted by molar-refractivity contribution is 0.262. The average molecular weight is 453 g/mol. The molecule has 0 spiro atoms. The second-order valence-corrected chi connectivity index (χ2v) is 8.02. The van der Waals surface area contributed by atoms with Crippen LogP contribution < -0.4 is 24.8 Å². The summed E-state index contributed by atoms with van der Waals surface area (Å²) in [5.41, 5.74) is -0.0621. The third-order valence-corrected chi connectivity index (χ3v) is 5.51. The normalized spacial score (nSPS) is 11.2. The first-order valence-electron chi connectivity index (χ1n) is 8.97. The van der Waals surface area contributed by atoms with Gasteiger partial charge in [-0.25, -0.2) is 27.6 Å². The summed E-state index contributed by atoms with van der Waals surface area (Å²) in [5, 5.41) is 11.6. The van der Waals surface area contributed by atoms with Gasteiger partial charge in [-0.1, -0.05) is 6.92 Å². The van der Waals surface area contributed by atoms with Gasteiger partial charge < -0.3 is 14.8 Å². The first-order chi connectivity index (χ1) is 14.8. The van der Waals surface area contributed by atoms with Crippen LogP contribution in [0.3, 0.4) is 0 Å². The molecule has 0 unspecified atom stereocenters. The van der Waals surface area contributed by atoms with E-state index in [9.17, 15) is 17.6 Å². The fourth-order valence-electron chi connectivity index (χ4n) is 2.78. The number of benzene rings is 1. The number of halogens is 1. The number of hydrogen-bond acceptors (Lipinski definition) is 8. The van der Waals surface area contributed by atoms with E-state index in [2.05, 4.69) is 35.5 Å². The Morgan fingerprint density at radius 3 is 2.65 bits per heavy atom. The number of aromatic nitrogens is 4. The summed E-state index contributed by atoms with van der Waals surface area (Å²) in [6.45, 7) is 1.71. The Morgan fingerprint density at radius 1 is 1.19 bits per heavy atom. The van der Waals surface area contributed by atoms with Crippen molar-refractivity contribution in [1.82, 2.24) is 20.2 Å². The molecule has 0 atom stereocenters. The van der Waals surface area contributed by atoms with E-state index in [0.29, 0.717) is 17.5 Å². The van der Waals surface area contributed by atoms with E-state index in [1.54, 1.807) is 6.92 Å². The van der Waals surface area contributed by atoms with Gasteiger partial charge in [0, 0.05) is 0 Å². The molecule has 0 aliphatic carbocycles. The van der Waals surface area contributed by atoms with Crippen LogP contribution in [0.5, 0.6) is 11.6 Å². The molecule has 0 aliphatic rings. The number of carbonyl (C=O) groups excluding carboxylic acids is 1. The number of nitrogens with one attached hydrogen (secondary N) is 4. The van der Waals surface area contributed by atoms with Gasteiger partial charge >= 0.3 is 6.03 Å². The Balaban J connectivity index is 1.89. The molecule has 2 heterocycles. The molecule has 0 aliphatic heterocycles. The Hall–Kier alpha value is -3.68. The molecule has 166 valence electrons. The predicted octanol–water partition coefficient (Wildman–Crippen LogP) is 2.30. The van der Waals surface area contributed by atoms with Crippen LogP contribution >= 0.6 is 0 Å². The Morgan fingerprint density at radius 2 is 1.97 bits per heavy atom. The highest BCUT2D eigenvalue weighted by Gasteiger charge is 2.21. The molecule has 0 radical (unpaired) electrons. The maximum atomic E-state index is 14.5. The molecule has 31 heavy (non-hydrogen) atoms. The number of ether oxygens (including phenoxy) is 2. The number of urea groups is 1. The van der Waals surface area contributed by atoms with Crippen molar-refractivity contribution in [3.05, 3.63) is 24.3 Å². The van der Waals surface area contributed by atoms with Crippen molar-refractivity contribution < 1.29 is 27.1 Å². The smallest absolute Gasteiger partial charge is 0.325 e. The maximum absolute atomic E-state index is 14.5. The first kappa shape index (κ1) is 22.0. The van der Waals surface area contributed by atoms with E-state index in [0.717, 1.165) is 6.07 Å². The summed E-state index contributed by atoms with van der Waals surface area (Å²) in [6.07, 6.45) is 1.58. The van der Waals surface area contributed by atoms with Crippen molar-refractivity contribution >= 4 is 44.3 Å². The van der Waals surface area contributed by atoms with E-state index in [1.165, 1.54) is 26.6 Å². The predicted molar refractivity (Wildman–Crippen MR) is 112 cm³/mol. The van der Waals surface area contributed by atoms with Gasteiger partial charge in [-0.15, -0.1) is 5.10 Å². The molecule has 3 rings (SSSR count). The number of methoxy groups -OCH3 is 2. The van der Waals surface area contributed by atoms with Crippen LogP contribution in [-0.2, 0) is 10.0 Å². The largest absolute Gasteiger partial charge is 0.492 e. The van der Waals surface area contributed by atoms with Crippen molar-refractivity contribution in [2.24, 2.45) is 0 Å². The Labute approximate surface area is 176 Å². The zero-order valence-corrected chi connectivity index (χ0v) is 17.6. The van der Waals surface area contributed by atoms with Gasteiger partial charge in [0.15, 0.2) is 23.0 Å². The van der Waals surface area contributed by atoms with Crippen molar-refractivity contribution in [2.45, 2.75) is 13.3 Å². The molecule has 3 aromatic rings. The number of fused-ring (bicyclic) bond motifs is 1. The lowest BCUT2D eigenvalue weighted by Gasteiger charge is -2.16. The molecule has 4 N–H and O–H groups in total. The number of amides is 2. The second kappa shape index (κ2) is 8.99. The highest BCUT2D eigenvalue weighted by molar-refractivity contribution is 7.92. The molecular formula is C17H20FN7O5S. The van der Waals surface area contributed by atoms with Gasteiger partial charge in [0.25, 0.3) is 0 Å². The quantitative estimate of drug-likeness (QED) is 0.404. The SMILES string of the molecule is CCCS(=O)(=O)Nc1ccc(F)c(NC(=O)Nc2ncnc3[nH]nc(OC)c23)c1OC. The van der Waals surface area contributed by atoms with Gasteiger partial charge in [-0.3, -0.25) is 15.1 Å². The van der Waals surface area contributed by atoms with Crippen molar-refractivity contribution in [3.8, 4) is 11.6 Å². The molecule has 14 heteroatoms. The van der Waals surface area contributed by atoms with Crippen molar-refractivity contribution in [2.75, 3.05) is 35.3 Å². The molecule has 0 fully saturated rings. The number of nitrogens with zero attached hydrogens (tertiary/aromatic N) is 3. The molecule has 0 saturated carbocycles. The Kier molecular flexibility index (Phi) is 6.39. The van der Waals surface area contributed by atoms with Gasteiger partial charge in [0.1, 0.15) is 17.4 Å². The third-order valence-electron chi connectivity index (χ3n) is 4.04. The van der Waals surface area contributed by atoms with E-state index in [4.69, 9.17) is 9.47 Å². The summed E-state index contributed by atoms with van der Waals surface area (Å²) >= 11 is 0. The van der Waals surface area contributed by atoms with E-state index < -0.39 is 21.9 Å². The number of carbonyl (C=O) groups is 1. The lowest BCUT2D eigenvalue weighted by Crippen LogP contribution is -2.22. The van der Waals surface area contributed by atoms with Crippen LogP contribution in [0, 0.1) is 5.82 Å². The fourth-order valence-corrected chi connectivity index (χ4v) is 3.92. The van der Waals surface area contributed by atoms with Gasteiger partial charge in [-0.2, -0.15) is 0 Å². The lowest BCUT2D eigenvalue weighted by atomic mass is 10.2. The minimum Gasteiger partial charge on any atom is -0.492 e. The fraction of sp³-hybridized carbons (Fsp3) is 0.294. The van der Waals surface area contributed by atoms with Crippen LogP contribution in [0.1, 0.15) is 13.3 Å². The number of H-pyrrole nitrogens is 1. The molecular weight excluding hydrogens is 433 g/mol. The van der Waals surface area contributed by atoms with E-state index in [1.807, 2.05) is 0 Å². The number of anilines is 3. The summed E-state index contributed by atoms with van der Waals surface area (Å²) in [6, 6.07) is 1.34. The second-order valence-electron chi connectivity index (χ2n) is 6.18. The third kappa shape index (κ3) is 4.74. The number of sulfonamides is 1. The first-order valence-corrected chi connectivity index (χ1v) is 10.6. The zero-order valence-electron chi connectivity index (χ0n) is 16.8. The van der Waals surface area contributed by atoms with Crippen molar-refractivity contribution in [1.29, 1.82) is 0 Å². The summed E-state index contributed by atoms with van der Waals surface area (Å²) in [7, 11) is -1.06. The molecule has 2 aromatic heterocycles. The molecule has 0 saturated heterocycles. The molecule has 1 aromatic carbocycles. The van der Waals surface area contributed by atoms with Gasteiger partial charge in [-0.05, 0) is 18.6 Å². The van der Waals surface area contributed by atoms with Crippen LogP contribution in [0.2, 0.25) is 0 Å². The summed E-state index contributed by atoms with van der Waals surface area (Å²) in [5.74, 6) is -0.940. The standard InChI is InChI=1S/C17H20FN7O5S/c1-4-7-31(27,28)25-10-6-5-9(18)12(13(10)29-2)21-17(26)22-14-11-15(20-8-19-14)23-24-16(11)30-3/h5-6,8,25H,4,7H2,1-3H3,(H3,19,20,21,22,23,24,26). The highest BCUT2D eigenvalue weighted by Crippen LogP contribution is 2.36. The van der Waals surface area contributed by atoms with E-state index >= 15 is 0 Å². The number of aromatic amines is 1. The van der Waals surface area contributed by atoms with Gasteiger partial charge in [0.05, 0.1) is 25.7 Å². The Bertz CT molecular complexity index is 1220. The van der Waals surface area contributed by atoms with Crippen molar-refractivity contribution in [3.63, 3.8) is 0 Å². The van der Waals surface area contributed by atoms with Crippen LogP contribution in [-0.4, -0.2) is 54.6 Å². The summed E-state index contributed by atoms with van der Waals surface area (Å²) < 4.78 is 51.2. The minimum atomic E-state index is -3.67. The monoisotopic (exact) mass is 453 g/mol. The highest BCUT2D eigenvalue weighted by atomic mass is 32.2. The van der Waals surface area contributed by atoms with E-state index in [-0.39, 0.29) is 34.6 Å². The van der Waals surface area contributed by atoms with Crippen LogP contribution in [0.15, 0.2) is 18.5 Å². The minimum absolute atomic E-state index is 0.0198. The number of rotatable bonds is 8. The molecule has 2 amide bonds. The average Bonchev–Trinajstić information content (AvgIpc) is 3.14. The van der Waals surface area contributed by atoms with Gasteiger partial charge in [0.2, 0.25) is 15.9 Å².